The third-order valence-corrected chi connectivity index (χ3v) is 10.5. The quantitative estimate of drug-likeness (QED) is 0.161. The molecular weight excluding hydrogens is 631 g/mol. The van der Waals surface area contributed by atoms with E-state index in [1.165, 1.54) is 88.3 Å². The van der Waals surface area contributed by atoms with Gasteiger partial charge in [-0.2, -0.15) is 0 Å². The van der Waals surface area contributed by atoms with E-state index >= 15 is 0 Å². The zero-order valence-electron chi connectivity index (χ0n) is 29.2. The Morgan fingerprint density at radius 3 is 1.67 bits per heavy atom. The number of benzene rings is 7. The Kier molecular flexibility index (Phi) is 8.02. The molecule has 3 nitrogen and oxygen atoms in total. The number of aromatic nitrogens is 2. The lowest BCUT2D eigenvalue weighted by atomic mass is 9.95. The Morgan fingerprint density at radius 1 is 0.500 bits per heavy atom. The van der Waals surface area contributed by atoms with E-state index in [4.69, 9.17) is 5.73 Å². The first-order valence-electron chi connectivity index (χ1n) is 18.1. The number of para-hydroxylation sites is 3. The van der Waals surface area contributed by atoms with Gasteiger partial charge in [0.15, 0.2) is 0 Å². The topological polar surface area (TPSA) is 35.9 Å². The zero-order valence-corrected chi connectivity index (χ0v) is 29.2. The minimum Gasteiger partial charge on any atom is -0.405 e. The van der Waals surface area contributed by atoms with Crippen LogP contribution in [-0.4, -0.2) is 9.13 Å². The van der Waals surface area contributed by atoms with Crippen LogP contribution in [0.1, 0.15) is 18.9 Å². The van der Waals surface area contributed by atoms with Crippen molar-refractivity contribution in [3.05, 3.63) is 193 Å². The summed E-state index contributed by atoms with van der Waals surface area (Å²) in [6, 6.07) is 61.4. The van der Waals surface area contributed by atoms with Crippen molar-refractivity contribution >= 4 is 49.2 Å². The number of nitrogens with zero attached hydrogens (tertiary/aromatic N) is 2. The minimum atomic E-state index is 0.769. The highest BCUT2D eigenvalue weighted by atomic mass is 15.0. The Morgan fingerprint density at radius 2 is 1.00 bits per heavy atom. The van der Waals surface area contributed by atoms with Crippen LogP contribution in [0.5, 0.6) is 0 Å². The van der Waals surface area contributed by atoms with Gasteiger partial charge in [0, 0.05) is 44.8 Å². The molecule has 0 saturated carbocycles. The lowest BCUT2D eigenvalue weighted by molar-refractivity contribution is 0.814. The number of nitrogens with two attached hydrogens (primary N) is 1. The maximum atomic E-state index is 6.08. The van der Waals surface area contributed by atoms with Crippen molar-refractivity contribution in [2.75, 3.05) is 0 Å². The van der Waals surface area contributed by atoms with Crippen LogP contribution in [0, 0.1) is 0 Å². The second-order valence-electron chi connectivity index (χ2n) is 13.4. The predicted molar refractivity (Wildman–Crippen MR) is 222 cm³/mol. The summed E-state index contributed by atoms with van der Waals surface area (Å²) < 4.78 is 4.85. The summed E-state index contributed by atoms with van der Waals surface area (Å²) in [4.78, 5) is 0. The largest absolute Gasteiger partial charge is 0.405 e. The van der Waals surface area contributed by atoms with Gasteiger partial charge >= 0.3 is 0 Å². The predicted octanol–water partition coefficient (Wildman–Crippen LogP) is 12.6. The molecule has 0 saturated heterocycles. The van der Waals surface area contributed by atoms with Gasteiger partial charge in [0.2, 0.25) is 0 Å². The molecule has 52 heavy (non-hydrogen) atoms. The molecule has 0 aliphatic carbocycles. The highest BCUT2D eigenvalue weighted by Crippen LogP contribution is 2.38. The second-order valence-corrected chi connectivity index (χ2v) is 13.4. The summed E-state index contributed by atoms with van der Waals surface area (Å²) in [5.41, 5.74) is 20.7. The summed E-state index contributed by atoms with van der Waals surface area (Å²) in [5.74, 6) is 0. The van der Waals surface area contributed by atoms with E-state index in [0.29, 0.717) is 0 Å². The van der Waals surface area contributed by atoms with Crippen molar-refractivity contribution in [2.24, 2.45) is 5.73 Å². The molecule has 0 radical (unpaired) electrons. The van der Waals surface area contributed by atoms with Gasteiger partial charge in [-0.05, 0) is 106 Å². The van der Waals surface area contributed by atoms with Gasteiger partial charge in [-0.1, -0.05) is 128 Å². The average molecular weight is 670 g/mol. The summed E-state index contributed by atoms with van der Waals surface area (Å²) in [5, 5.41) is 5.05. The molecule has 0 aliphatic rings. The van der Waals surface area contributed by atoms with Gasteiger partial charge in [0.25, 0.3) is 0 Å². The van der Waals surface area contributed by atoms with Crippen molar-refractivity contribution in [3.63, 3.8) is 0 Å². The summed E-state index contributed by atoms with van der Waals surface area (Å²) in [7, 11) is 0. The van der Waals surface area contributed by atoms with Crippen LogP contribution in [0.25, 0.3) is 77.1 Å². The van der Waals surface area contributed by atoms with Gasteiger partial charge in [0.05, 0.1) is 11.0 Å². The monoisotopic (exact) mass is 669 g/mol. The van der Waals surface area contributed by atoms with E-state index in [0.717, 1.165) is 13.0 Å². The highest BCUT2D eigenvalue weighted by Gasteiger charge is 2.17. The molecule has 0 unspecified atom stereocenters. The Bertz CT molecular complexity index is 2780. The van der Waals surface area contributed by atoms with Crippen LogP contribution < -0.4 is 5.73 Å². The molecule has 250 valence electrons. The summed E-state index contributed by atoms with van der Waals surface area (Å²) in [6.45, 7) is 3.01. The molecule has 0 fully saturated rings. The molecule has 0 atom stereocenters. The van der Waals surface area contributed by atoms with Crippen LogP contribution in [0.3, 0.4) is 0 Å². The maximum Gasteiger partial charge on any atom is 0.0541 e. The molecule has 0 amide bonds. The van der Waals surface area contributed by atoms with E-state index in [2.05, 4.69) is 192 Å². The molecule has 7 aromatic carbocycles. The number of hydrogen-bond acceptors (Lipinski definition) is 1. The standard InChI is InChI=1S/C49H39N3/c1-2-34(41(29-30-50)37-23-21-36(22-24-37)35-13-5-3-6-14-35)33-51-46-19-11-9-17-42(46)44-31-38(25-27-47(44)51)39-26-28-49-45(32-39)43-18-10-12-20-48(43)52(49)40-15-7-4-8-16-40/h3-32H,2,33,50H2,1H3/b30-29-,41-34+. The number of hydrogen-bond donors (Lipinski definition) is 1. The van der Waals surface area contributed by atoms with Gasteiger partial charge < -0.3 is 14.9 Å². The van der Waals surface area contributed by atoms with Gasteiger partial charge in [-0.15, -0.1) is 0 Å². The summed E-state index contributed by atoms with van der Waals surface area (Å²) in [6.07, 6.45) is 4.64. The van der Waals surface area contributed by atoms with Crippen molar-refractivity contribution in [1.82, 2.24) is 9.13 Å². The Hall–Kier alpha value is -6.58. The van der Waals surface area contributed by atoms with Gasteiger partial charge in [-0.3, -0.25) is 0 Å². The van der Waals surface area contributed by atoms with E-state index in [1.807, 2.05) is 0 Å². The first kappa shape index (κ1) is 31.4. The zero-order chi connectivity index (χ0) is 35.0. The molecule has 3 heteroatoms. The molecule has 0 bridgehead atoms. The smallest absolute Gasteiger partial charge is 0.0541 e. The van der Waals surface area contributed by atoms with E-state index in [1.54, 1.807) is 6.20 Å². The van der Waals surface area contributed by atoms with Crippen LogP contribution in [0.2, 0.25) is 0 Å². The Labute approximate surface area is 304 Å². The average Bonchev–Trinajstić information content (AvgIpc) is 3.71. The third kappa shape index (κ3) is 5.39. The molecule has 9 rings (SSSR count). The van der Waals surface area contributed by atoms with Gasteiger partial charge in [-0.25, -0.2) is 0 Å². The number of allylic oxidation sites excluding steroid dienone is 3. The van der Waals surface area contributed by atoms with E-state index < -0.39 is 0 Å². The molecule has 2 heterocycles. The Balaban J connectivity index is 1.14. The molecule has 9 aromatic rings. The van der Waals surface area contributed by atoms with E-state index in [9.17, 15) is 0 Å². The number of fused-ring (bicyclic) bond motifs is 6. The van der Waals surface area contributed by atoms with E-state index in [-0.39, 0.29) is 0 Å². The second kappa shape index (κ2) is 13.3. The third-order valence-electron chi connectivity index (χ3n) is 10.5. The molecule has 0 spiro atoms. The highest BCUT2D eigenvalue weighted by molar-refractivity contribution is 6.12. The van der Waals surface area contributed by atoms with Crippen molar-refractivity contribution < 1.29 is 0 Å². The van der Waals surface area contributed by atoms with Crippen LogP contribution in [0.15, 0.2) is 188 Å². The minimum absolute atomic E-state index is 0.769. The number of rotatable bonds is 8. The maximum absolute atomic E-state index is 6.08. The molecule has 2 aromatic heterocycles. The molecule has 2 N–H and O–H groups in total. The van der Waals surface area contributed by atoms with Crippen molar-refractivity contribution in [3.8, 4) is 27.9 Å². The van der Waals surface area contributed by atoms with Crippen molar-refractivity contribution in [2.45, 2.75) is 19.9 Å². The fourth-order valence-corrected chi connectivity index (χ4v) is 7.98. The van der Waals surface area contributed by atoms with Crippen LogP contribution >= 0.6 is 0 Å². The normalized spacial score (nSPS) is 12.4. The van der Waals surface area contributed by atoms with Gasteiger partial charge in [0.1, 0.15) is 0 Å². The first-order valence-corrected chi connectivity index (χ1v) is 18.1. The molecular formula is C49H39N3. The molecule has 0 aliphatic heterocycles. The fraction of sp³-hybridized carbons (Fsp3) is 0.0612. The SMILES string of the molecule is CC/C(Cn1c2ccccc2c2cc(-c3ccc4c(c3)c3ccccc3n4-c3ccccc3)ccc21)=C(/C=C\N)c1ccc(-c2ccccc2)cc1. The van der Waals surface area contributed by atoms with Crippen molar-refractivity contribution in [1.29, 1.82) is 0 Å². The first-order chi connectivity index (χ1) is 25.7. The fourth-order valence-electron chi connectivity index (χ4n) is 7.98. The lowest BCUT2D eigenvalue weighted by Gasteiger charge is -2.16. The van der Waals surface area contributed by atoms with Crippen LogP contribution in [0.4, 0.5) is 0 Å². The van der Waals surface area contributed by atoms with Crippen LogP contribution in [-0.2, 0) is 6.54 Å². The lowest BCUT2D eigenvalue weighted by Crippen LogP contribution is -2.03. The summed E-state index contributed by atoms with van der Waals surface area (Å²) >= 11 is 0.